The first kappa shape index (κ1) is 17.0. The predicted octanol–water partition coefficient (Wildman–Crippen LogP) is 3.11. The van der Waals surface area contributed by atoms with Gasteiger partial charge in [-0.15, -0.1) is 0 Å². The van der Waals surface area contributed by atoms with Gasteiger partial charge in [-0.3, -0.25) is 9.69 Å². The number of rotatable bonds is 7. The number of Topliss-reactive ketones (excluding diaryl/α,β-unsaturated/α-hetero) is 1. The van der Waals surface area contributed by atoms with E-state index in [2.05, 4.69) is 31.7 Å². The molecular weight excluding hydrogens is 278 g/mol. The smallest absolute Gasteiger partial charge is 0.180 e. The predicted molar refractivity (Wildman–Crippen MR) is 87.9 cm³/mol. The maximum atomic E-state index is 12.7. The van der Waals surface area contributed by atoms with Crippen LogP contribution in [0.2, 0.25) is 0 Å². The van der Waals surface area contributed by atoms with Crippen LogP contribution in [0.4, 0.5) is 0 Å². The van der Waals surface area contributed by atoms with Crippen molar-refractivity contribution in [3.63, 3.8) is 0 Å². The van der Waals surface area contributed by atoms with Crippen LogP contribution >= 0.6 is 0 Å². The molecule has 0 N–H and O–H groups in total. The minimum Gasteiger partial charge on any atom is -0.493 e. The van der Waals surface area contributed by atoms with Crippen molar-refractivity contribution in [2.45, 2.75) is 33.1 Å². The zero-order valence-electron chi connectivity index (χ0n) is 13.9. The van der Waals surface area contributed by atoms with Crippen molar-refractivity contribution < 1.29 is 14.3 Å². The van der Waals surface area contributed by atoms with Crippen LogP contribution in [0, 0.1) is 0 Å². The monoisotopic (exact) mass is 305 g/mol. The minimum absolute atomic E-state index is 0.135. The Hall–Kier alpha value is -1.39. The molecule has 0 aliphatic carbocycles. The van der Waals surface area contributed by atoms with Crippen LogP contribution in [0.5, 0.6) is 5.75 Å². The molecule has 1 saturated heterocycles. The highest BCUT2D eigenvalue weighted by molar-refractivity contribution is 6.00. The fraction of sp³-hybridized carbons (Fsp3) is 0.611. The third-order valence-corrected chi connectivity index (χ3v) is 3.90. The summed E-state index contributed by atoms with van der Waals surface area (Å²) in [6.45, 7) is 10.5. The standard InChI is InChI=1S/C18H27NO3/c1-4-9-22-18-6-5-15(14(2)3)12-16(18)17(20)13-19-7-10-21-11-8-19/h5-6,12,14H,4,7-11,13H2,1-3H3. The summed E-state index contributed by atoms with van der Waals surface area (Å²) in [6, 6.07) is 6.00. The van der Waals surface area contributed by atoms with Gasteiger partial charge in [0.25, 0.3) is 0 Å². The van der Waals surface area contributed by atoms with Crippen LogP contribution in [0.25, 0.3) is 0 Å². The van der Waals surface area contributed by atoms with Crippen molar-refractivity contribution in [1.29, 1.82) is 0 Å². The Labute approximate surface area is 133 Å². The fourth-order valence-corrected chi connectivity index (χ4v) is 2.51. The van der Waals surface area contributed by atoms with Gasteiger partial charge >= 0.3 is 0 Å². The Kier molecular flexibility index (Phi) is 6.40. The molecule has 0 spiro atoms. The van der Waals surface area contributed by atoms with Crippen LogP contribution in [0.1, 0.15) is 49.0 Å². The number of morpholine rings is 1. The van der Waals surface area contributed by atoms with E-state index in [1.54, 1.807) is 0 Å². The average Bonchev–Trinajstić information content (AvgIpc) is 2.53. The molecule has 0 aromatic heterocycles. The normalized spacial score (nSPS) is 16.0. The van der Waals surface area contributed by atoms with Crippen molar-refractivity contribution in [2.75, 3.05) is 39.5 Å². The van der Waals surface area contributed by atoms with E-state index in [0.29, 0.717) is 43.6 Å². The third kappa shape index (κ3) is 4.55. The largest absolute Gasteiger partial charge is 0.493 e. The van der Waals surface area contributed by atoms with Gasteiger partial charge in [-0.1, -0.05) is 26.8 Å². The van der Waals surface area contributed by atoms with Gasteiger partial charge in [-0.05, 0) is 30.0 Å². The molecule has 0 atom stereocenters. The topological polar surface area (TPSA) is 38.8 Å². The van der Waals surface area contributed by atoms with Gasteiger partial charge < -0.3 is 9.47 Å². The van der Waals surface area contributed by atoms with Crippen molar-refractivity contribution in [3.05, 3.63) is 29.3 Å². The maximum absolute atomic E-state index is 12.7. The number of ether oxygens (including phenoxy) is 2. The molecule has 4 heteroatoms. The summed E-state index contributed by atoms with van der Waals surface area (Å²) in [7, 11) is 0. The molecule has 0 amide bonds. The van der Waals surface area contributed by atoms with Crippen molar-refractivity contribution in [1.82, 2.24) is 4.90 Å². The first-order chi connectivity index (χ1) is 10.6. The van der Waals surface area contributed by atoms with Gasteiger partial charge in [0, 0.05) is 13.1 Å². The molecule has 1 aliphatic heterocycles. The van der Waals surface area contributed by atoms with E-state index < -0.39 is 0 Å². The van der Waals surface area contributed by atoms with Gasteiger partial charge in [0.2, 0.25) is 0 Å². The van der Waals surface area contributed by atoms with Crippen LogP contribution < -0.4 is 4.74 Å². The Morgan fingerprint density at radius 1 is 1.32 bits per heavy atom. The molecule has 122 valence electrons. The zero-order chi connectivity index (χ0) is 15.9. The van der Waals surface area contributed by atoms with Crippen LogP contribution in [-0.2, 0) is 4.74 Å². The molecule has 0 radical (unpaired) electrons. The maximum Gasteiger partial charge on any atom is 0.180 e. The Bertz CT molecular complexity index is 493. The van der Waals surface area contributed by atoms with Crippen molar-refractivity contribution in [3.8, 4) is 5.75 Å². The molecule has 4 nitrogen and oxygen atoms in total. The summed E-state index contributed by atoms with van der Waals surface area (Å²) in [4.78, 5) is 14.9. The molecule has 0 unspecified atom stereocenters. The van der Waals surface area contributed by atoms with Gasteiger partial charge in [-0.25, -0.2) is 0 Å². The van der Waals surface area contributed by atoms with Gasteiger partial charge in [0.1, 0.15) is 5.75 Å². The van der Waals surface area contributed by atoms with Crippen molar-refractivity contribution in [2.24, 2.45) is 0 Å². The second-order valence-electron chi connectivity index (χ2n) is 6.07. The summed E-state index contributed by atoms with van der Waals surface area (Å²) in [5.74, 6) is 1.25. The molecule has 1 aromatic rings. The van der Waals surface area contributed by atoms with E-state index in [1.165, 1.54) is 5.56 Å². The number of nitrogens with zero attached hydrogens (tertiary/aromatic N) is 1. The quantitative estimate of drug-likeness (QED) is 0.726. The van der Waals surface area contributed by atoms with E-state index in [1.807, 2.05) is 12.1 Å². The Morgan fingerprint density at radius 2 is 2.05 bits per heavy atom. The van der Waals surface area contributed by atoms with Gasteiger partial charge in [0.05, 0.1) is 31.9 Å². The highest BCUT2D eigenvalue weighted by Crippen LogP contribution is 2.25. The number of carbonyl (C=O) groups excluding carboxylic acids is 1. The average molecular weight is 305 g/mol. The lowest BCUT2D eigenvalue weighted by atomic mass is 9.98. The molecule has 0 bridgehead atoms. The van der Waals surface area contributed by atoms with Gasteiger partial charge in [0.15, 0.2) is 5.78 Å². The second kappa shape index (κ2) is 8.30. The highest BCUT2D eigenvalue weighted by Gasteiger charge is 2.19. The molecule has 0 saturated carbocycles. The number of hydrogen-bond acceptors (Lipinski definition) is 4. The highest BCUT2D eigenvalue weighted by atomic mass is 16.5. The molecule has 1 fully saturated rings. The summed E-state index contributed by atoms with van der Waals surface area (Å²) >= 11 is 0. The van der Waals surface area contributed by atoms with E-state index in [4.69, 9.17) is 9.47 Å². The van der Waals surface area contributed by atoms with Crippen LogP contribution in [-0.4, -0.2) is 50.1 Å². The molecule has 2 rings (SSSR count). The first-order valence-corrected chi connectivity index (χ1v) is 8.22. The summed E-state index contributed by atoms with van der Waals surface area (Å²) in [6.07, 6.45) is 0.934. The van der Waals surface area contributed by atoms with Crippen LogP contribution in [0.3, 0.4) is 0 Å². The van der Waals surface area contributed by atoms with E-state index in [-0.39, 0.29) is 5.78 Å². The van der Waals surface area contributed by atoms with Gasteiger partial charge in [-0.2, -0.15) is 0 Å². The number of carbonyl (C=O) groups is 1. The second-order valence-corrected chi connectivity index (χ2v) is 6.07. The Balaban J connectivity index is 2.16. The lowest BCUT2D eigenvalue weighted by Gasteiger charge is -2.26. The molecular formula is C18H27NO3. The SMILES string of the molecule is CCCOc1ccc(C(C)C)cc1C(=O)CN1CCOCC1. The summed E-state index contributed by atoms with van der Waals surface area (Å²) in [5.41, 5.74) is 1.89. The molecule has 1 aliphatic rings. The Morgan fingerprint density at radius 3 is 2.68 bits per heavy atom. The van der Waals surface area contributed by atoms with E-state index in [9.17, 15) is 4.79 Å². The molecule has 1 aromatic carbocycles. The fourth-order valence-electron chi connectivity index (χ4n) is 2.51. The lowest BCUT2D eigenvalue weighted by molar-refractivity contribution is 0.0370. The summed E-state index contributed by atoms with van der Waals surface area (Å²) < 4.78 is 11.1. The molecule has 1 heterocycles. The van der Waals surface area contributed by atoms with E-state index >= 15 is 0 Å². The lowest BCUT2D eigenvalue weighted by Crippen LogP contribution is -2.39. The molecule has 22 heavy (non-hydrogen) atoms. The zero-order valence-corrected chi connectivity index (χ0v) is 13.9. The van der Waals surface area contributed by atoms with Crippen molar-refractivity contribution >= 4 is 5.78 Å². The van der Waals surface area contributed by atoms with Crippen LogP contribution in [0.15, 0.2) is 18.2 Å². The number of hydrogen-bond donors (Lipinski definition) is 0. The third-order valence-electron chi connectivity index (χ3n) is 3.90. The number of ketones is 1. The number of benzene rings is 1. The minimum atomic E-state index is 0.135. The first-order valence-electron chi connectivity index (χ1n) is 8.22. The van der Waals surface area contributed by atoms with E-state index in [0.717, 1.165) is 19.5 Å². The summed E-state index contributed by atoms with van der Waals surface area (Å²) in [5, 5.41) is 0.